The minimum absolute atomic E-state index is 0.127. The smallest absolute Gasteiger partial charge is 0.243 e. The molecule has 0 bridgehead atoms. The van der Waals surface area contributed by atoms with Crippen LogP contribution in [0.4, 0.5) is 0 Å². The number of halogens is 1. The highest BCUT2D eigenvalue weighted by atomic mass is 79.9. The first kappa shape index (κ1) is 18.9. The SMILES string of the molecule is CC1CCN(C(=O)[C@@H]2CCCN(S(=O)(=O)c3ccc(Br)cc3)C2)CC1. The van der Waals surface area contributed by atoms with Gasteiger partial charge in [0.15, 0.2) is 0 Å². The van der Waals surface area contributed by atoms with E-state index in [0.717, 1.165) is 43.2 Å². The lowest BCUT2D eigenvalue weighted by atomic mass is 9.94. The Morgan fingerprint density at radius 3 is 2.36 bits per heavy atom. The summed E-state index contributed by atoms with van der Waals surface area (Å²) in [7, 11) is -3.54. The second-order valence-electron chi connectivity index (χ2n) is 7.16. The van der Waals surface area contributed by atoms with E-state index in [1.165, 1.54) is 4.31 Å². The first-order chi connectivity index (χ1) is 11.9. The van der Waals surface area contributed by atoms with Crippen molar-refractivity contribution < 1.29 is 13.2 Å². The molecule has 2 saturated heterocycles. The number of benzene rings is 1. The van der Waals surface area contributed by atoms with Crippen molar-refractivity contribution in [3.8, 4) is 0 Å². The van der Waals surface area contributed by atoms with E-state index in [1.807, 2.05) is 4.90 Å². The Bertz CT molecular complexity index is 712. The Hall–Kier alpha value is -0.920. The molecule has 0 N–H and O–H groups in total. The Morgan fingerprint density at radius 1 is 1.08 bits per heavy atom. The number of carbonyl (C=O) groups is 1. The molecule has 2 aliphatic rings. The number of nitrogens with zero attached hydrogens (tertiary/aromatic N) is 2. The monoisotopic (exact) mass is 428 g/mol. The number of hydrogen-bond donors (Lipinski definition) is 0. The maximum absolute atomic E-state index is 12.9. The lowest BCUT2D eigenvalue weighted by molar-refractivity contribution is -0.138. The van der Waals surface area contributed by atoms with Crippen LogP contribution in [0.25, 0.3) is 0 Å². The number of sulfonamides is 1. The quantitative estimate of drug-likeness (QED) is 0.742. The van der Waals surface area contributed by atoms with Crippen LogP contribution in [-0.4, -0.2) is 49.7 Å². The van der Waals surface area contributed by atoms with E-state index in [9.17, 15) is 13.2 Å². The van der Waals surface area contributed by atoms with E-state index in [2.05, 4.69) is 22.9 Å². The average molecular weight is 429 g/mol. The van der Waals surface area contributed by atoms with Gasteiger partial charge in [-0.1, -0.05) is 22.9 Å². The molecule has 138 valence electrons. The molecule has 0 aromatic heterocycles. The van der Waals surface area contributed by atoms with Gasteiger partial charge in [-0.2, -0.15) is 4.31 Å². The summed E-state index contributed by atoms with van der Waals surface area (Å²) in [6.07, 6.45) is 3.59. The van der Waals surface area contributed by atoms with Crippen LogP contribution in [0.1, 0.15) is 32.6 Å². The molecule has 5 nitrogen and oxygen atoms in total. The van der Waals surface area contributed by atoms with Gasteiger partial charge in [0.1, 0.15) is 0 Å². The Morgan fingerprint density at radius 2 is 1.72 bits per heavy atom. The highest BCUT2D eigenvalue weighted by molar-refractivity contribution is 9.10. The molecule has 1 atom stereocenters. The summed E-state index contributed by atoms with van der Waals surface area (Å²) in [4.78, 5) is 15.0. The molecule has 0 radical (unpaired) electrons. The summed E-state index contributed by atoms with van der Waals surface area (Å²) in [6, 6.07) is 6.68. The van der Waals surface area contributed by atoms with Crippen molar-refractivity contribution in [2.45, 2.75) is 37.5 Å². The minimum Gasteiger partial charge on any atom is -0.342 e. The number of likely N-dealkylation sites (tertiary alicyclic amines) is 1. The van der Waals surface area contributed by atoms with E-state index in [1.54, 1.807) is 24.3 Å². The lowest BCUT2D eigenvalue weighted by Crippen LogP contribution is -2.48. The summed E-state index contributed by atoms with van der Waals surface area (Å²) in [5, 5.41) is 0. The number of rotatable bonds is 3. The van der Waals surface area contributed by atoms with Gasteiger partial charge in [-0.15, -0.1) is 0 Å². The molecule has 0 unspecified atom stereocenters. The fourth-order valence-corrected chi connectivity index (χ4v) is 5.39. The van der Waals surface area contributed by atoms with Crippen LogP contribution in [0.5, 0.6) is 0 Å². The van der Waals surface area contributed by atoms with E-state index in [-0.39, 0.29) is 16.7 Å². The summed E-state index contributed by atoms with van der Waals surface area (Å²) in [5.41, 5.74) is 0. The predicted octanol–water partition coefficient (Wildman–Crippen LogP) is 3.11. The molecule has 25 heavy (non-hydrogen) atoms. The lowest BCUT2D eigenvalue weighted by Gasteiger charge is -2.36. The zero-order valence-electron chi connectivity index (χ0n) is 14.5. The first-order valence-electron chi connectivity index (χ1n) is 8.92. The van der Waals surface area contributed by atoms with Crippen LogP contribution in [0.15, 0.2) is 33.6 Å². The third kappa shape index (κ3) is 4.26. The second kappa shape index (κ2) is 7.76. The van der Waals surface area contributed by atoms with E-state index in [0.29, 0.717) is 19.0 Å². The van der Waals surface area contributed by atoms with Crippen molar-refractivity contribution >= 4 is 31.9 Å². The third-order valence-corrected chi connectivity index (χ3v) is 7.69. The highest BCUT2D eigenvalue weighted by Crippen LogP contribution is 2.27. The maximum atomic E-state index is 12.9. The van der Waals surface area contributed by atoms with E-state index >= 15 is 0 Å². The second-order valence-corrected chi connectivity index (χ2v) is 10.0. The number of amides is 1. The van der Waals surface area contributed by atoms with Crippen LogP contribution in [0, 0.1) is 11.8 Å². The summed E-state index contributed by atoms with van der Waals surface area (Å²) in [6.45, 7) is 4.60. The molecule has 0 aliphatic carbocycles. The molecule has 2 fully saturated rings. The van der Waals surface area contributed by atoms with Gasteiger partial charge in [0.05, 0.1) is 10.8 Å². The van der Waals surface area contributed by atoms with Crippen LogP contribution in [0.3, 0.4) is 0 Å². The average Bonchev–Trinajstić information content (AvgIpc) is 2.62. The number of carbonyl (C=O) groups excluding carboxylic acids is 1. The Kier molecular flexibility index (Phi) is 5.85. The molecule has 0 spiro atoms. The van der Waals surface area contributed by atoms with Crippen LogP contribution >= 0.6 is 15.9 Å². The maximum Gasteiger partial charge on any atom is 0.243 e. The number of piperidine rings is 2. The van der Waals surface area contributed by atoms with Gasteiger partial charge in [0.2, 0.25) is 15.9 Å². The van der Waals surface area contributed by atoms with Gasteiger partial charge in [-0.25, -0.2) is 8.42 Å². The summed E-state index contributed by atoms with van der Waals surface area (Å²) in [5.74, 6) is 0.583. The van der Waals surface area contributed by atoms with Crippen LogP contribution in [-0.2, 0) is 14.8 Å². The van der Waals surface area contributed by atoms with Gasteiger partial charge >= 0.3 is 0 Å². The molecule has 1 amide bonds. The molecule has 0 saturated carbocycles. The number of hydrogen-bond acceptors (Lipinski definition) is 3. The first-order valence-corrected chi connectivity index (χ1v) is 11.2. The van der Waals surface area contributed by atoms with Gasteiger partial charge in [0.25, 0.3) is 0 Å². The third-order valence-electron chi connectivity index (χ3n) is 5.28. The van der Waals surface area contributed by atoms with Gasteiger partial charge in [-0.05, 0) is 55.9 Å². The largest absolute Gasteiger partial charge is 0.342 e. The molecule has 3 rings (SSSR count). The van der Waals surface area contributed by atoms with Crippen molar-refractivity contribution in [1.82, 2.24) is 9.21 Å². The van der Waals surface area contributed by atoms with Crippen molar-refractivity contribution in [2.24, 2.45) is 11.8 Å². The highest BCUT2D eigenvalue weighted by Gasteiger charge is 2.35. The molecular weight excluding hydrogens is 404 g/mol. The fraction of sp³-hybridized carbons (Fsp3) is 0.611. The van der Waals surface area contributed by atoms with Gasteiger partial charge < -0.3 is 4.90 Å². The Balaban J connectivity index is 1.70. The standard InChI is InChI=1S/C18H25BrN2O3S/c1-14-8-11-20(12-9-14)18(22)15-3-2-10-21(13-15)25(23,24)17-6-4-16(19)5-7-17/h4-7,14-15H,2-3,8-13H2,1H3/t15-/m1/s1. The van der Waals surface area contributed by atoms with Crippen LogP contribution < -0.4 is 0 Å². The summed E-state index contributed by atoms with van der Waals surface area (Å²) >= 11 is 3.33. The minimum atomic E-state index is -3.54. The topological polar surface area (TPSA) is 57.7 Å². The zero-order valence-corrected chi connectivity index (χ0v) is 16.9. The van der Waals surface area contributed by atoms with Gasteiger partial charge in [-0.3, -0.25) is 4.79 Å². The molecule has 1 aromatic carbocycles. The fourth-order valence-electron chi connectivity index (χ4n) is 3.61. The zero-order chi connectivity index (χ0) is 18.0. The van der Waals surface area contributed by atoms with E-state index in [4.69, 9.17) is 0 Å². The molecule has 1 aromatic rings. The molecule has 7 heteroatoms. The molecular formula is C18H25BrN2O3S. The summed E-state index contributed by atoms with van der Waals surface area (Å²) < 4.78 is 28.1. The Labute approximate surface area is 158 Å². The van der Waals surface area contributed by atoms with E-state index < -0.39 is 10.0 Å². The van der Waals surface area contributed by atoms with Crippen molar-refractivity contribution in [3.05, 3.63) is 28.7 Å². The van der Waals surface area contributed by atoms with Crippen molar-refractivity contribution in [2.75, 3.05) is 26.2 Å². The van der Waals surface area contributed by atoms with Crippen molar-refractivity contribution in [1.29, 1.82) is 0 Å². The molecule has 2 heterocycles. The predicted molar refractivity (Wildman–Crippen MR) is 101 cm³/mol. The normalized spacial score (nSPS) is 23.6. The van der Waals surface area contributed by atoms with Gasteiger partial charge in [0, 0.05) is 30.7 Å². The molecule has 2 aliphatic heterocycles. The van der Waals surface area contributed by atoms with Crippen LogP contribution in [0.2, 0.25) is 0 Å². The van der Waals surface area contributed by atoms with Crippen molar-refractivity contribution in [3.63, 3.8) is 0 Å².